The van der Waals surface area contributed by atoms with Gasteiger partial charge in [-0.3, -0.25) is 4.79 Å². The lowest BCUT2D eigenvalue weighted by molar-refractivity contribution is -0.223. The SMILES string of the molecule is CCCC1OCC(C)(C(=O)C(=Cc2ccc(Br)cc2)n2cncn2)CO1. The number of allylic oxidation sites excluding steroid dienone is 1. The van der Waals surface area contributed by atoms with Crippen molar-refractivity contribution in [2.75, 3.05) is 13.2 Å². The first-order valence-electron chi connectivity index (χ1n) is 8.62. The van der Waals surface area contributed by atoms with Gasteiger partial charge in [-0.1, -0.05) is 41.4 Å². The smallest absolute Gasteiger partial charge is 0.191 e. The minimum Gasteiger partial charge on any atom is -0.352 e. The summed E-state index contributed by atoms with van der Waals surface area (Å²) < 4.78 is 14.0. The Balaban J connectivity index is 1.88. The molecule has 1 saturated heterocycles. The second-order valence-corrected chi connectivity index (χ2v) is 7.57. The molecule has 26 heavy (non-hydrogen) atoms. The minimum atomic E-state index is -0.766. The van der Waals surface area contributed by atoms with Crippen molar-refractivity contribution in [3.8, 4) is 0 Å². The van der Waals surface area contributed by atoms with Gasteiger partial charge in [-0.05, 0) is 37.1 Å². The summed E-state index contributed by atoms with van der Waals surface area (Å²) in [4.78, 5) is 17.3. The Morgan fingerprint density at radius 2 is 2.04 bits per heavy atom. The van der Waals surface area contributed by atoms with E-state index in [1.165, 1.54) is 17.3 Å². The van der Waals surface area contributed by atoms with E-state index in [2.05, 4.69) is 32.9 Å². The zero-order valence-electron chi connectivity index (χ0n) is 14.9. The number of hydrogen-bond donors (Lipinski definition) is 0. The maximum atomic E-state index is 13.3. The predicted molar refractivity (Wildman–Crippen MR) is 102 cm³/mol. The first kappa shape index (κ1) is 18.9. The molecular formula is C19H22BrN3O3. The molecule has 3 rings (SSSR count). The third-order valence-corrected chi connectivity index (χ3v) is 4.85. The molecule has 138 valence electrons. The number of aromatic nitrogens is 3. The highest BCUT2D eigenvalue weighted by Crippen LogP contribution is 2.31. The van der Waals surface area contributed by atoms with Crippen LogP contribution in [0.4, 0.5) is 0 Å². The zero-order valence-corrected chi connectivity index (χ0v) is 16.5. The monoisotopic (exact) mass is 419 g/mol. The van der Waals surface area contributed by atoms with Crippen LogP contribution < -0.4 is 0 Å². The van der Waals surface area contributed by atoms with Crippen LogP contribution >= 0.6 is 15.9 Å². The number of rotatable bonds is 6. The molecular weight excluding hydrogens is 398 g/mol. The van der Waals surface area contributed by atoms with Crippen molar-refractivity contribution in [2.24, 2.45) is 5.41 Å². The molecule has 1 fully saturated rings. The summed E-state index contributed by atoms with van der Waals surface area (Å²) in [5.41, 5.74) is 0.572. The van der Waals surface area contributed by atoms with E-state index in [-0.39, 0.29) is 12.1 Å². The van der Waals surface area contributed by atoms with Crippen LogP contribution in [-0.2, 0) is 14.3 Å². The van der Waals surface area contributed by atoms with Crippen LogP contribution in [0.15, 0.2) is 41.4 Å². The molecule has 0 atom stereocenters. The Morgan fingerprint density at radius 3 is 2.62 bits per heavy atom. The predicted octanol–water partition coefficient (Wildman–Crippen LogP) is 3.79. The van der Waals surface area contributed by atoms with E-state index in [0.717, 1.165) is 22.9 Å². The lowest BCUT2D eigenvalue weighted by Crippen LogP contribution is -2.46. The third kappa shape index (κ3) is 4.28. The third-order valence-electron chi connectivity index (χ3n) is 4.32. The summed E-state index contributed by atoms with van der Waals surface area (Å²) in [6.45, 7) is 4.59. The van der Waals surface area contributed by atoms with Gasteiger partial charge in [0.25, 0.3) is 0 Å². The van der Waals surface area contributed by atoms with Crippen molar-refractivity contribution >= 4 is 33.5 Å². The number of nitrogens with zero attached hydrogens (tertiary/aromatic N) is 3. The lowest BCUT2D eigenvalue weighted by Gasteiger charge is -2.36. The molecule has 1 aromatic carbocycles. The van der Waals surface area contributed by atoms with Gasteiger partial charge in [0.15, 0.2) is 12.1 Å². The largest absolute Gasteiger partial charge is 0.352 e. The van der Waals surface area contributed by atoms with Crippen molar-refractivity contribution < 1.29 is 14.3 Å². The molecule has 0 saturated carbocycles. The molecule has 0 amide bonds. The fourth-order valence-corrected chi connectivity index (χ4v) is 3.04. The maximum Gasteiger partial charge on any atom is 0.191 e. The molecule has 1 aliphatic rings. The second-order valence-electron chi connectivity index (χ2n) is 6.65. The van der Waals surface area contributed by atoms with Gasteiger partial charge in [0, 0.05) is 4.47 Å². The summed E-state index contributed by atoms with van der Waals surface area (Å²) >= 11 is 3.42. The number of benzene rings is 1. The maximum absolute atomic E-state index is 13.3. The van der Waals surface area contributed by atoms with E-state index < -0.39 is 5.41 Å². The van der Waals surface area contributed by atoms with E-state index in [9.17, 15) is 4.79 Å². The average molecular weight is 420 g/mol. The van der Waals surface area contributed by atoms with Crippen molar-refractivity contribution in [3.63, 3.8) is 0 Å². The second kappa shape index (κ2) is 8.24. The Morgan fingerprint density at radius 1 is 1.35 bits per heavy atom. The highest BCUT2D eigenvalue weighted by molar-refractivity contribution is 9.10. The molecule has 0 unspecified atom stereocenters. The van der Waals surface area contributed by atoms with Gasteiger partial charge in [0.05, 0.1) is 18.6 Å². The first-order valence-corrected chi connectivity index (χ1v) is 9.41. The van der Waals surface area contributed by atoms with Gasteiger partial charge < -0.3 is 9.47 Å². The number of ketones is 1. The standard InChI is InChI=1S/C19H22BrN3O3/c1-3-4-17-25-10-19(2,11-26-17)18(24)16(23-13-21-12-22-23)9-14-5-7-15(20)8-6-14/h5-9,12-13,17H,3-4,10-11H2,1-2H3. The van der Waals surface area contributed by atoms with Crippen molar-refractivity contribution in [2.45, 2.75) is 33.0 Å². The van der Waals surface area contributed by atoms with Gasteiger partial charge in [0.1, 0.15) is 18.4 Å². The van der Waals surface area contributed by atoms with Crippen LogP contribution in [0.3, 0.4) is 0 Å². The summed E-state index contributed by atoms with van der Waals surface area (Å²) in [6, 6.07) is 7.72. The molecule has 0 bridgehead atoms. The van der Waals surface area contributed by atoms with Crippen LogP contribution in [0.25, 0.3) is 11.8 Å². The average Bonchev–Trinajstić information content (AvgIpc) is 3.17. The molecule has 0 radical (unpaired) electrons. The summed E-state index contributed by atoms with van der Waals surface area (Å²) in [6.07, 6.45) is 6.32. The van der Waals surface area contributed by atoms with Gasteiger partial charge in [-0.2, -0.15) is 5.10 Å². The van der Waals surface area contributed by atoms with Gasteiger partial charge in [-0.25, -0.2) is 9.67 Å². The highest BCUT2D eigenvalue weighted by atomic mass is 79.9. The first-order chi connectivity index (χ1) is 12.5. The Labute approximate surface area is 161 Å². The summed E-state index contributed by atoms with van der Waals surface area (Å²) in [5, 5.41) is 4.15. The molecule has 0 spiro atoms. The quantitative estimate of drug-likeness (QED) is 0.666. The molecule has 1 aromatic heterocycles. The van der Waals surface area contributed by atoms with Crippen LogP contribution in [0, 0.1) is 5.41 Å². The Kier molecular flexibility index (Phi) is 6.01. The number of Topliss-reactive ketones (excluding diaryl/α,β-unsaturated/α-hetero) is 1. The van der Waals surface area contributed by atoms with Crippen molar-refractivity contribution in [1.82, 2.24) is 14.8 Å². The Bertz CT molecular complexity index is 764. The molecule has 7 heteroatoms. The summed E-state index contributed by atoms with van der Waals surface area (Å²) in [5.74, 6) is -0.0825. The topological polar surface area (TPSA) is 66.2 Å². The van der Waals surface area contributed by atoms with E-state index in [1.54, 1.807) is 0 Å². The number of carbonyl (C=O) groups excluding carboxylic acids is 1. The van der Waals surface area contributed by atoms with Gasteiger partial charge in [-0.15, -0.1) is 0 Å². The van der Waals surface area contributed by atoms with E-state index in [4.69, 9.17) is 9.47 Å². The van der Waals surface area contributed by atoms with E-state index >= 15 is 0 Å². The fraction of sp³-hybridized carbons (Fsp3) is 0.421. The molecule has 6 nitrogen and oxygen atoms in total. The van der Waals surface area contributed by atoms with Gasteiger partial charge >= 0.3 is 0 Å². The molecule has 1 aliphatic heterocycles. The number of carbonyl (C=O) groups is 1. The number of ether oxygens (including phenoxy) is 2. The van der Waals surface area contributed by atoms with Crippen LogP contribution in [0.2, 0.25) is 0 Å². The van der Waals surface area contributed by atoms with E-state index in [0.29, 0.717) is 18.9 Å². The molecule has 2 aromatic rings. The molecule has 0 N–H and O–H groups in total. The number of hydrogen-bond acceptors (Lipinski definition) is 5. The van der Waals surface area contributed by atoms with Crippen LogP contribution in [0.1, 0.15) is 32.3 Å². The van der Waals surface area contributed by atoms with Crippen LogP contribution in [0.5, 0.6) is 0 Å². The van der Waals surface area contributed by atoms with E-state index in [1.807, 2.05) is 37.3 Å². The van der Waals surface area contributed by atoms with Crippen molar-refractivity contribution in [1.29, 1.82) is 0 Å². The van der Waals surface area contributed by atoms with Gasteiger partial charge in [0.2, 0.25) is 0 Å². The molecule has 0 aliphatic carbocycles. The zero-order chi connectivity index (χ0) is 18.6. The fourth-order valence-electron chi connectivity index (χ4n) is 2.77. The van der Waals surface area contributed by atoms with Crippen LogP contribution in [-0.4, -0.2) is 40.1 Å². The minimum absolute atomic E-state index is 0.0825. The number of halogens is 1. The lowest BCUT2D eigenvalue weighted by atomic mass is 9.84. The van der Waals surface area contributed by atoms with Crippen molar-refractivity contribution in [3.05, 3.63) is 47.0 Å². The highest BCUT2D eigenvalue weighted by Gasteiger charge is 2.41. The molecule has 2 heterocycles. The Hall–Kier alpha value is -1.83. The normalized spacial score (nSPS) is 23.8. The summed E-state index contributed by atoms with van der Waals surface area (Å²) in [7, 11) is 0.